The summed E-state index contributed by atoms with van der Waals surface area (Å²) >= 11 is 0. The minimum atomic E-state index is -1.20. The van der Waals surface area contributed by atoms with Crippen molar-refractivity contribution >= 4 is 17.3 Å². The second-order valence-corrected chi connectivity index (χ2v) is 5.41. The Kier molecular flexibility index (Phi) is 3.71. The molecule has 0 aliphatic heterocycles. The van der Waals surface area contributed by atoms with Gasteiger partial charge in [-0.25, -0.2) is 0 Å². The average Bonchev–Trinajstić information content (AvgIpc) is 2.89. The number of ketones is 3. The van der Waals surface area contributed by atoms with E-state index in [1.807, 2.05) is 18.2 Å². The molecule has 5 heteroatoms. The lowest BCUT2D eigenvalue weighted by Crippen LogP contribution is -2.35. The van der Waals surface area contributed by atoms with Crippen LogP contribution in [-0.2, 0) is 9.59 Å². The van der Waals surface area contributed by atoms with Crippen LogP contribution in [0.2, 0.25) is 0 Å². The Labute approximate surface area is 127 Å². The first kappa shape index (κ1) is 14.4. The lowest BCUT2D eigenvalue weighted by atomic mass is 9.81. The number of carbonyl (C=O) groups is 3. The Balaban J connectivity index is 2.05. The van der Waals surface area contributed by atoms with E-state index in [0.717, 1.165) is 5.56 Å². The third-order valence-corrected chi connectivity index (χ3v) is 3.91. The maximum atomic E-state index is 12.8. The Morgan fingerprint density at radius 2 is 1.77 bits per heavy atom. The van der Waals surface area contributed by atoms with Gasteiger partial charge in [-0.3, -0.25) is 14.4 Å². The SMILES string of the molecule is Cc1onc(-c2ccccc2)c1C(=O)C1C(=O)CCCC1=O. The van der Waals surface area contributed by atoms with Gasteiger partial charge >= 0.3 is 0 Å². The lowest BCUT2D eigenvalue weighted by Gasteiger charge is -2.18. The molecule has 0 atom stereocenters. The van der Waals surface area contributed by atoms with E-state index in [9.17, 15) is 14.4 Å². The Morgan fingerprint density at radius 3 is 2.41 bits per heavy atom. The van der Waals surface area contributed by atoms with Gasteiger partial charge in [0.05, 0.1) is 5.56 Å². The standard InChI is InChI=1S/C17H15NO4/c1-10-14(16(18-22-10)11-6-3-2-4-7-11)17(21)15-12(19)8-5-9-13(15)20/h2-4,6-7,15H,5,8-9H2,1H3. The van der Waals surface area contributed by atoms with E-state index in [-0.39, 0.29) is 30.0 Å². The smallest absolute Gasteiger partial charge is 0.186 e. The van der Waals surface area contributed by atoms with E-state index < -0.39 is 11.7 Å². The molecule has 1 aromatic carbocycles. The largest absolute Gasteiger partial charge is 0.360 e. The predicted octanol–water partition coefficient (Wildman–Crippen LogP) is 2.77. The number of aromatic nitrogens is 1. The summed E-state index contributed by atoms with van der Waals surface area (Å²) in [7, 11) is 0. The molecule has 0 spiro atoms. The van der Waals surface area contributed by atoms with Crippen LogP contribution in [0.3, 0.4) is 0 Å². The van der Waals surface area contributed by atoms with Gasteiger partial charge in [-0.1, -0.05) is 35.5 Å². The van der Waals surface area contributed by atoms with Gasteiger partial charge in [0, 0.05) is 18.4 Å². The first-order valence-corrected chi connectivity index (χ1v) is 7.21. The molecular formula is C17H15NO4. The molecule has 1 saturated carbocycles. The van der Waals surface area contributed by atoms with E-state index in [0.29, 0.717) is 17.9 Å². The van der Waals surface area contributed by atoms with Crippen molar-refractivity contribution in [3.05, 3.63) is 41.7 Å². The van der Waals surface area contributed by atoms with Crippen LogP contribution in [0.25, 0.3) is 11.3 Å². The number of hydrogen-bond donors (Lipinski definition) is 0. The molecule has 0 bridgehead atoms. The maximum absolute atomic E-state index is 12.8. The molecule has 22 heavy (non-hydrogen) atoms. The number of aryl methyl sites for hydroxylation is 1. The molecule has 1 aromatic heterocycles. The third kappa shape index (κ3) is 2.39. The zero-order chi connectivity index (χ0) is 15.7. The van der Waals surface area contributed by atoms with Gasteiger partial charge in [0.15, 0.2) is 17.3 Å². The summed E-state index contributed by atoms with van der Waals surface area (Å²) in [6.07, 6.45) is 1.07. The first-order valence-electron chi connectivity index (χ1n) is 7.21. The quantitative estimate of drug-likeness (QED) is 0.643. The van der Waals surface area contributed by atoms with Crippen molar-refractivity contribution in [3.63, 3.8) is 0 Å². The number of Topliss-reactive ketones (excluding diaryl/α,β-unsaturated/α-hetero) is 3. The highest BCUT2D eigenvalue weighted by Gasteiger charge is 2.39. The van der Waals surface area contributed by atoms with Crippen molar-refractivity contribution in [1.82, 2.24) is 5.16 Å². The topological polar surface area (TPSA) is 77.2 Å². The van der Waals surface area contributed by atoms with E-state index in [1.54, 1.807) is 19.1 Å². The van der Waals surface area contributed by atoms with Crippen LogP contribution in [0.1, 0.15) is 35.4 Å². The van der Waals surface area contributed by atoms with Crippen LogP contribution >= 0.6 is 0 Å². The maximum Gasteiger partial charge on any atom is 0.186 e. The molecule has 1 heterocycles. The number of rotatable bonds is 3. The van der Waals surface area contributed by atoms with Gasteiger partial charge < -0.3 is 4.52 Å². The molecule has 0 unspecified atom stereocenters. The van der Waals surface area contributed by atoms with Gasteiger partial charge in [-0.15, -0.1) is 0 Å². The molecule has 1 aliphatic carbocycles. The molecule has 0 amide bonds. The highest BCUT2D eigenvalue weighted by molar-refractivity contribution is 6.26. The molecule has 0 radical (unpaired) electrons. The predicted molar refractivity (Wildman–Crippen MR) is 78.4 cm³/mol. The number of benzene rings is 1. The average molecular weight is 297 g/mol. The van der Waals surface area contributed by atoms with Crippen LogP contribution in [0.15, 0.2) is 34.9 Å². The van der Waals surface area contributed by atoms with Crippen LogP contribution in [0.5, 0.6) is 0 Å². The third-order valence-electron chi connectivity index (χ3n) is 3.91. The fourth-order valence-corrected chi connectivity index (χ4v) is 2.80. The molecule has 5 nitrogen and oxygen atoms in total. The van der Waals surface area contributed by atoms with Crippen LogP contribution in [0, 0.1) is 12.8 Å². The normalized spacial score (nSPS) is 16.0. The summed E-state index contributed by atoms with van der Waals surface area (Å²) in [5, 5.41) is 3.93. The molecule has 0 N–H and O–H groups in total. The molecule has 0 saturated heterocycles. The molecule has 1 aliphatic rings. The van der Waals surface area contributed by atoms with Crippen molar-refractivity contribution in [2.75, 3.05) is 0 Å². The molecular weight excluding hydrogens is 282 g/mol. The highest BCUT2D eigenvalue weighted by Crippen LogP contribution is 2.30. The van der Waals surface area contributed by atoms with Crippen LogP contribution in [-0.4, -0.2) is 22.5 Å². The fraction of sp³-hybridized carbons (Fsp3) is 0.294. The van der Waals surface area contributed by atoms with Crippen molar-refractivity contribution < 1.29 is 18.9 Å². The summed E-state index contributed by atoms with van der Waals surface area (Å²) in [6, 6.07) is 9.11. The first-order chi connectivity index (χ1) is 10.6. The van der Waals surface area contributed by atoms with Gasteiger partial charge in [0.2, 0.25) is 0 Å². The number of nitrogens with zero attached hydrogens (tertiary/aromatic N) is 1. The molecule has 1 fully saturated rings. The zero-order valence-electron chi connectivity index (χ0n) is 12.2. The summed E-state index contributed by atoms with van der Waals surface area (Å²) in [5.74, 6) is -1.97. The Bertz CT molecular complexity index is 729. The number of hydrogen-bond acceptors (Lipinski definition) is 5. The summed E-state index contributed by atoms with van der Waals surface area (Å²) < 4.78 is 5.14. The number of carbonyl (C=O) groups excluding carboxylic acids is 3. The van der Waals surface area contributed by atoms with Gasteiger partial charge in [-0.2, -0.15) is 0 Å². The Hall–Kier alpha value is -2.56. The second kappa shape index (κ2) is 5.67. The van der Waals surface area contributed by atoms with Crippen LogP contribution < -0.4 is 0 Å². The van der Waals surface area contributed by atoms with E-state index in [1.165, 1.54) is 0 Å². The zero-order valence-corrected chi connectivity index (χ0v) is 12.2. The molecule has 112 valence electrons. The van der Waals surface area contributed by atoms with Crippen molar-refractivity contribution in [2.24, 2.45) is 5.92 Å². The van der Waals surface area contributed by atoms with E-state index >= 15 is 0 Å². The second-order valence-electron chi connectivity index (χ2n) is 5.41. The van der Waals surface area contributed by atoms with Gasteiger partial charge in [0.25, 0.3) is 0 Å². The van der Waals surface area contributed by atoms with Crippen molar-refractivity contribution in [3.8, 4) is 11.3 Å². The summed E-state index contributed by atoms with van der Waals surface area (Å²) in [6.45, 7) is 1.62. The monoisotopic (exact) mass is 297 g/mol. The molecule has 3 rings (SSSR count). The molecule has 2 aromatic rings. The summed E-state index contributed by atoms with van der Waals surface area (Å²) in [5.41, 5.74) is 1.34. The minimum absolute atomic E-state index is 0.236. The van der Waals surface area contributed by atoms with Gasteiger partial charge in [-0.05, 0) is 13.3 Å². The van der Waals surface area contributed by atoms with E-state index in [4.69, 9.17) is 4.52 Å². The van der Waals surface area contributed by atoms with Crippen molar-refractivity contribution in [1.29, 1.82) is 0 Å². The Morgan fingerprint density at radius 1 is 1.14 bits per heavy atom. The minimum Gasteiger partial charge on any atom is -0.360 e. The van der Waals surface area contributed by atoms with Crippen molar-refractivity contribution in [2.45, 2.75) is 26.2 Å². The fourth-order valence-electron chi connectivity index (χ4n) is 2.80. The lowest BCUT2D eigenvalue weighted by molar-refractivity contribution is -0.133. The van der Waals surface area contributed by atoms with Gasteiger partial charge in [0.1, 0.15) is 17.4 Å². The van der Waals surface area contributed by atoms with E-state index in [2.05, 4.69) is 5.16 Å². The van der Waals surface area contributed by atoms with Crippen LogP contribution in [0.4, 0.5) is 0 Å². The highest BCUT2D eigenvalue weighted by atomic mass is 16.5. The summed E-state index contributed by atoms with van der Waals surface area (Å²) in [4.78, 5) is 36.8.